The molecule has 10 heteroatoms. The summed E-state index contributed by atoms with van der Waals surface area (Å²) in [6, 6.07) is 8.19. The number of ether oxygens (including phenoxy) is 2. The van der Waals surface area contributed by atoms with Crippen molar-refractivity contribution < 1.29 is 27.6 Å². The van der Waals surface area contributed by atoms with E-state index in [1.54, 1.807) is 36.7 Å². The number of amides is 1. The van der Waals surface area contributed by atoms with Gasteiger partial charge in [-0.05, 0) is 36.2 Å². The normalized spacial score (nSPS) is 10.8. The molecule has 0 fully saturated rings. The van der Waals surface area contributed by atoms with E-state index in [1.165, 1.54) is 13.2 Å². The number of pyridine rings is 1. The van der Waals surface area contributed by atoms with Crippen LogP contribution >= 0.6 is 0 Å². The number of halogens is 2. The first kappa shape index (κ1) is 21.2. The Hall–Kier alpha value is -3.56. The fraction of sp³-hybridized carbons (Fsp3) is 0.300. The number of carbonyl (C=O) groups excluding carboxylic acids is 1. The highest BCUT2D eigenvalue weighted by atomic mass is 19.3. The number of rotatable bonds is 10. The molecule has 0 unspecified atom stereocenters. The Labute approximate surface area is 171 Å². The Kier molecular flexibility index (Phi) is 7.25. The number of benzene rings is 1. The maximum absolute atomic E-state index is 12.4. The minimum absolute atomic E-state index is 0.0361. The van der Waals surface area contributed by atoms with Gasteiger partial charge in [0.05, 0.1) is 7.11 Å². The third-order valence-corrected chi connectivity index (χ3v) is 4.15. The second-order valence-electron chi connectivity index (χ2n) is 6.21. The predicted octanol–water partition coefficient (Wildman–Crippen LogP) is 3.03. The van der Waals surface area contributed by atoms with E-state index in [0.717, 1.165) is 11.1 Å². The van der Waals surface area contributed by atoms with Gasteiger partial charge in [0.15, 0.2) is 11.5 Å². The summed E-state index contributed by atoms with van der Waals surface area (Å²) in [5.41, 5.74) is 1.59. The Morgan fingerprint density at radius 3 is 2.70 bits per heavy atom. The van der Waals surface area contributed by atoms with Gasteiger partial charge in [0.1, 0.15) is 0 Å². The molecular formula is C20H20F2N4O4. The minimum Gasteiger partial charge on any atom is -0.493 e. The van der Waals surface area contributed by atoms with Crippen molar-refractivity contribution in [2.24, 2.45) is 0 Å². The average Bonchev–Trinajstić information content (AvgIpc) is 3.22. The lowest BCUT2D eigenvalue weighted by atomic mass is 10.1. The van der Waals surface area contributed by atoms with Crippen LogP contribution in [-0.4, -0.2) is 41.3 Å². The summed E-state index contributed by atoms with van der Waals surface area (Å²) in [7, 11) is 1.37. The van der Waals surface area contributed by atoms with Crippen LogP contribution in [0.3, 0.4) is 0 Å². The standard InChI is InChI=1S/C20H20F2N4O4/c1-28-16-12-13(2-3-15(16)29-20(21)22)6-11-24-17(27)4-5-18-25-19(26-30-18)14-7-9-23-10-8-14/h2-3,7-10,12,20H,4-6,11H2,1H3,(H,24,27). The number of aryl methyl sites for hydroxylation is 1. The largest absolute Gasteiger partial charge is 0.493 e. The maximum Gasteiger partial charge on any atom is 0.387 e. The summed E-state index contributed by atoms with van der Waals surface area (Å²) < 4.78 is 39.4. The summed E-state index contributed by atoms with van der Waals surface area (Å²) in [5, 5.41) is 6.69. The molecule has 0 aliphatic heterocycles. The average molecular weight is 418 g/mol. The summed E-state index contributed by atoms with van der Waals surface area (Å²) in [6.07, 6.45) is 4.28. The summed E-state index contributed by atoms with van der Waals surface area (Å²) in [4.78, 5) is 20.2. The highest BCUT2D eigenvalue weighted by Gasteiger charge is 2.12. The number of hydrogen-bond acceptors (Lipinski definition) is 7. The molecule has 3 aromatic rings. The van der Waals surface area contributed by atoms with Gasteiger partial charge >= 0.3 is 6.61 Å². The van der Waals surface area contributed by atoms with E-state index >= 15 is 0 Å². The highest BCUT2D eigenvalue weighted by Crippen LogP contribution is 2.29. The molecule has 2 heterocycles. The van der Waals surface area contributed by atoms with Gasteiger partial charge in [0.2, 0.25) is 17.6 Å². The Morgan fingerprint density at radius 1 is 1.17 bits per heavy atom. The fourth-order valence-corrected chi connectivity index (χ4v) is 2.69. The smallest absolute Gasteiger partial charge is 0.387 e. The molecule has 1 N–H and O–H groups in total. The SMILES string of the molecule is COc1cc(CCNC(=O)CCc2nc(-c3ccncc3)no2)ccc1OC(F)F. The second-order valence-corrected chi connectivity index (χ2v) is 6.21. The molecule has 30 heavy (non-hydrogen) atoms. The highest BCUT2D eigenvalue weighted by molar-refractivity contribution is 5.76. The third kappa shape index (κ3) is 5.97. The molecule has 8 nitrogen and oxygen atoms in total. The van der Waals surface area contributed by atoms with Gasteiger partial charge in [-0.1, -0.05) is 11.2 Å². The molecule has 0 aliphatic carbocycles. The molecule has 158 valence electrons. The van der Waals surface area contributed by atoms with Crippen molar-refractivity contribution in [1.29, 1.82) is 0 Å². The van der Waals surface area contributed by atoms with Gasteiger partial charge in [-0.15, -0.1) is 0 Å². The zero-order valence-corrected chi connectivity index (χ0v) is 16.2. The van der Waals surface area contributed by atoms with E-state index in [1.807, 2.05) is 0 Å². The van der Waals surface area contributed by atoms with Gasteiger partial charge < -0.3 is 19.3 Å². The molecular weight excluding hydrogens is 398 g/mol. The maximum atomic E-state index is 12.4. The number of carbonyl (C=O) groups is 1. The van der Waals surface area contributed by atoms with Crippen molar-refractivity contribution in [2.75, 3.05) is 13.7 Å². The van der Waals surface area contributed by atoms with E-state index in [9.17, 15) is 13.6 Å². The zero-order valence-electron chi connectivity index (χ0n) is 16.2. The molecule has 0 bridgehead atoms. The molecule has 3 rings (SSSR count). The van der Waals surface area contributed by atoms with Crippen molar-refractivity contribution >= 4 is 5.91 Å². The molecule has 0 atom stereocenters. The Balaban J connectivity index is 1.44. The summed E-state index contributed by atoms with van der Waals surface area (Å²) in [6.45, 7) is -2.55. The third-order valence-electron chi connectivity index (χ3n) is 4.15. The van der Waals surface area contributed by atoms with Crippen LogP contribution in [-0.2, 0) is 17.6 Å². The zero-order chi connectivity index (χ0) is 21.3. The van der Waals surface area contributed by atoms with Crippen LogP contribution in [0, 0.1) is 0 Å². The number of nitrogens with zero attached hydrogens (tertiary/aromatic N) is 3. The van der Waals surface area contributed by atoms with Gasteiger partial charge in [0.25, 0.3) is 0 Å². The van der Waals surface area contributed by atoms with Crippen LogP contribution in [0.25, 0.3) is 11.4 Å². The van der Waals surface area contributed by atoms with E-state index in [-0.39, 0.29) is 23.8 Å². The molecule has 1 amide bonds. The van der Waals surface area contributed by atoms with Crippen LogP contribution in [0.1, 0.15) is 17.9 Å². The number of nitrogens with one attached hydrogen (secondary N) is 1. The number of methoxy groups -OCH3 is 1. The first-order valence-corrected chi connectivity index (χ1v) is 9.16. The van der Waals surface area contributed by atoms with Crippen LogP contribution in [0.5, 0.6) is 11.5 Å². The van der Waals surface area contributed by atoms with Crippen LogP contribution in [0.2, 0.25) is 0 Å². The lowest BCUT2D eigenvalue weighted by Crippen LogP contribution is -2.25. The van der Waals surface area contributed by atoms with Crippen molar-refractivity contribution in [2.45, 2.75) is 25.9 Å². The molecule has 0 spiro atoms. The van der Waals surface area contributed by atoms with Crippen LogP contribution in [0.4, 0.5) is 8.78 Å². The minimum atomic E-state index is -2.93. The van der Waals surface area contributed by atoms with Crippen LogP contribution < -0.4 is 14.8 Å². The van der Waals surface area contributed by atoms with Gasteiger partial charge in [-0.2, -0.15) is 13.8 Å². The topological polar surface area (TPSA) is 99.4 Å². The van der Waals surface area contributed by atoms with Gasteiger partial charge in [-0.25, -0.2) is 0 Å². The van der Waals surface area contributed by atoms with Crippen molar-refractivity contribution in [3.8, 4) is 22.9 Å². The molecule has 1 aromatic carbocycles. The molecule has 0 aliphatic rings. The predicted molar refractivity (Wildman–Crippen MR) is 102 cm³/mol. The van der Waals surface area contributed by atoms with E-state index < -0.39 is 6.61 Å². The summed E-state index contributed by atoms with van der Waals surface area (Å²) in [5.74, 6) is 0.826. The quantitative estimate of drug-likeness (QED) is 0.540. The number of hydrogen-bond donors (Lipinski definition) is 1. The van der Waals surface area contributed by atoms with E-state index in [0.29, 0.717) is 31.1 Å². The molecule has 0 saturated heterocycles. The van der Waals surface area contributed by atoms with Crippen LogP contribution in [0.15, 0.2) is 47.2 Å². The van der Waals surface area contributed by atoms with Crippen molar-refractivity contribution in [3.05, 3.63) is 54.2 Å². The fourth-order valence-electron chi connectivity index (χ4n) is 2.69. The monoisotopic (exact) mass is 418 g/mol. The lowest BCUT2D eigenvalue weighted by molar-refractivity contribution is -0.121. The van der Waals surface area contributed by atoms with Crippen molar-refractivity contribution in [1.82, 2.24) is 20.4 Å². The first-order chi connectivity index (χ1) is 14.5. The van der Waals surface area contributed by atoms with E-state index in [4.69, 9.17) is 9.26 Å². The molecule has 2 aromatic heterocycles. The van der Waals surface area contributed by atoms with Gasteiger partial charge in [0, 0.05) is 37.3 Å². The Bertz CT molecular complexity index is 966. The number of aromatic nitrogens is 3. The molecule has 0 radical (unpaired) electrons. The van der Waals surface area contributed by atoms with E-state index in [2.05, 4.69) is 25.2 Å². The Morgan fingerprint density at radius 2 is 1.97 bits per heavy atom. The van der Waals surface area contributed by atoms with Gasteiger partial charge in [-0.3, -0.25) is 9.78 Å². The van der Waals surface area contributed by atoms with Crippen molar-refractivity contribution in [3.63, 3.8) is 0 Å². The second kappa shape index (κ2) is 10.3. The molecule has 0 saturated carbocycles. The lowest BCUT2D eigenvalue weighted by Gasteiger charge is -2.11. The first-order valence-electron chi connectivity index (χ1n) is 9.16. The number of alkyl halides is 2. The summed E-state index contributed by atoms with van der Waals surface area (Å²) >= 11 is 0.